The van der Waals surface area contributed by atoms with E-state index in [4.69, 9.17) is 15.6 Å². The van der Waals surface area contributed by atoms with Crippen molar-refractivity contribution in [3.05, 3.63) is 22.2 Å². The molecule has 1 atom stereocenters. The van der Waals surface area contributed by atoms with Gasteiger partial charge >= 0.3 is 0 Å². The number of aromatic hydroxyl groups is 1. The summed E-state index contributed by atoms with van der Waals surface area (Å²) in [5.74, 6) is -3.65. The van der Waals surface area contributed by atoms with Crippen LogP contribution in [-0.2, 0) is 0 Å². The summed E-state index contributed by atoms with van der Waals surface area (Å²) in [6.07, 6.45) is 0. The predicted octanol–water partition coefficient (Wildman–Crippen LogP) is 1.79. The van der Waals surface area contributed by atoms with Crippen LogP contribution in [0.3, 0.4) is 0 Å². The maximum absolute atomic E-state index is 13.2. The van der Waals surface area contributed by atoms with E-state index >= 15 is 0 Å². The lowest BCUT2D eigenvalue weighted by molar-refractivity contribution is -0.0716. The molecule has 0 radical (unpaired) electrons. The molecule has 0 saturated carbocycles. The molecule has 0 heterocycles. The highest BCUT2D eigenvalue weighted by atomic mass is 79.9. The molecule has 0 aromatic heterocycles. The summed E-state index contributed by atoms with van der Waals surface area (Å²) in [5.41, 5.74) is 5.13. The number of hydrogen-bond acceptors (Lipinski definition) is 4. The molecular weight excluding hydrogens is 300 g/mol. The summed E-state index contributed by atoms with van der Waals surface area (Å²) in [4.78, 5) is 0. The zero-order chi connectivity index (χ0) is 13.2. The third kappa shape index (κ3) is 2.85. The third-order valence-corrected chi connectivity index (χ3v) is 2.91. The van der Waals surface area contributed by atoms with Crippen LogP contribution in [0.5, 0.6) is 11.5 Å². The van der Waals surface area contributed by atoms with E-state index in [1.807, 2.05) is 0 Å². The molecule has 0 spiro atoms. The fraction of sp³-hybridized carbons (Fsp3) is 0.400. The van der Waals surface area contributed by atoms with Crippen LogP contribution >= 0.6 is 15.9 Å². The first-order valence-electron chi connectivity index (χ1n) is 4.64. The minimum atomic E-state index is -3.52. The molecule has 0 aliphatic heterocycles. The van der Waals surface area contributed by atoms with Crippen molar-refractivity contribution < 1.29 is 23.7 Å². The molecule has 4 nitrogen and oxygen atoms in total. The van der Waals surface area contributed by atoms with E-state index in [2.05, 4.69) is 15.9 Å². The lowest BCUT2D eigenvalue weighted by Crippen LogP contribution is -2.36. The molecule has 0 aliphatic carbocycles. The summed E-state index contributed by atoms with van der Waals surface area (Å²) in [6.45, 7) is -1.40. The molecule has 0 bridgehead atoms. The molecule has 0 amide bonds. The largest absolute Gasteiger partial charge is 0.506 e. The first-order valence-corrected chi connectivity index (χ1v) is 5.43. The van der Waals surface area contributed by atoms with Gasteiger partial charge in [0.25, 0.3) is 5.92 Å². The van der Waals surface area contributed by atoms with E-state index in [0.29, 0.717) is 0 Å². The topological polar surface area (TPSA) is 75.7 Å². The predicted molar refractivity (Wildman–Crippen MR) is 61.3 cm³/mol. The fourth-order valence-electron chi connectivity index (χ4n) is 1.28. The van der Waals surface area contributed by atoms with Crippen molar-refractivity contribution in [2.75, 3.05) is 13.7 Å². The highest BCUT2D eigenvalue weighted by Gasteiger charge is 2.39. The van der Waals surface area contributed by atoms with E-state index < -0.39 is 24.3 Å². The first-order chi connectivity index (χ1) is 7.83. The Morgan fingerprint density at radius 3 is 2.59 bits per heavy atom. The number of rotatable bonds is 4. The highest BCUT2D eigenvalue weighted by Crippen LogP contribution is 2.40. The molecule has 0 saturated heterocycles. The summed E-state index contributed by atoms with van der Waals surface area (Å²) >= 11 is 3.00. The lowest BCUT2D eigenvalue weighted by Gasteiger charge is -2.23. The summed E-state index contributed by atoms with van der Waals surface area (Å²) in [7, 11) is 1.36. The van der Waals surface area contributed by atoms with E-state index in [1.54, 1.807) is 0 Å². The maximum Gasteiger partial charge on any atom is 0.289 e. The van der Waals surface area contributed by atoms with Gasteiger partial charge in [-0.2, -0.15) is 0 Å². The molecule has 7 heteroatoms. The summed E-state index contributed by atoms with van der Waals surface area (Å²) in [5, 5.41) is 18.2. The quantitative estimate of drug-likeness (QED) is 0.792. The molecule has 0 aliphatic rings. The Labute approximate surface area is 105 Å². The Morgan fingerprint density at radius 1 is 1.53 bits per heavy atom. The molecule has 0 fully saturated rings. The molecule has 4 N–H and O–H groups in total. The number of aliphatic hydroxyl groups is 1. The van der Waals surface area contributed by atoms with E-state index in [9.17, 15) is 13.9 Å². The van der Waals surface area contributed by atoms with Crippen LogP contribution in [0.15, 0.2) is 16.6 Å². The molecular formula is C10H12BrF2NO3. The minimum absolute atomic E-state index is 0.191. The Hall–Kier alpha value is -0.920. The van der Waals surface area contributed by atoms with Gasteiger partial charge in [-0.05, 0) is 28.1 Å². The van der Waals surface area contributed by atoms with Gasteiger partial charge in [0.2, 0.25) is 0 Å². The fourth-order valence-corrected chi connectivity index (χ4v) is 1.73. The maximum atomic E-state index is 13.2. The molecule has 17 heavy (non-hydrogen) atoms. The Kier molecular flexibility index (Phi) is 4.29. The van der Waals surface area contributed by atoms with Gasteiger partial charge in [-0.25, -0.2) is 8.78 Å². The van der Waals surface area contributed by atoms with Gasteiger partial charge in [0.1, 0.15) is 24.1 Å². The lowest BCUT2D eigenvalue weighted by atomic mass is 10.0. The molecule has 0 unspecified atom stereocenters. The monoisotopic (exact) mass is 311 g/mol. The van der Waals surface area contributed by atoms with Crippen molar-refractivity contribution in [1.82, 2.24) is 0 Å². The van der Waals surface area contributed by atoms with Crippen LogP contribution in [-0.4, -0.2) is 29.9 Å². The normalized spacial score (nSPS) is 13.5. The SMILES string of the molecule is COc1cc(Br)c(O)c([C@@H](N)C(F)(F)CO)c1. The van der Waals surface area contributed by atoms with Crippen molar-refractivity contribution >= 4 is 15.9 Å². The van der Waals surface area contributed by atoms with Crippen LogP contribution < -0.4 is 10.5 Å². The number of hydrogen-bond donors (Lipinski definition) is 3. The van der Waals surface area contributed by atoms with E-state index in [-0.39, 0.29) is 15.8 Å². The standard InChI is InChI=1S/C10H12BrF2NO3/c1-17-5-2-6(8(16)7(11)3-5)9(14)10(12,13)4-15/h2-3,9,15-16H,4,14H2,1H3/t9-/m1/s1. The number of methoxy groups -OCH3 is 1. The molecule has 1 aromatic carbocycles. The van der Waals surface area contributed by atoms with Gasteiger partial charge in [-0.3, -0.25) is 0 Å². The number of nitrogens with two attached hydrogens (primary N) is 1. The number of phenolic OH excluding ortho intramolecular Hbond substituents is 1. The number of halogens is 3. The van der Waals surface area contributed by atoms with Crippen LogP contribution in [0.1, 0.15) is 11.6 Å². The van der Waals surface area contributed by atoms with E-state index in [1.165, 1.54) is 19.2 Å². The zero-order valence-electron chi connectivity index (χ0n) is 8.95. The van der Waals surface area contributed by atoms with Crippen molar-refractivity contribution in [2.24, 2.45) is 5.73 Å². The molecule has 1 rings (SSSR count). The van der Waals surface area contributed by atoms with Crippen LogP contribution in [0.2, 0.25) is 0 Å². The average molecular weight is 312 g/mol. The van der Waals surface area contributed by atoms with Gasteiger partial charge < -0.3 is 20.7 Å². The second-order valence-electron chi connectivity index (χ2n) is 3.44. The Morgan fingerprint density at radius 2 is 2.12 bits per heavy atom. The molecule has 1 aromatic rings. The van der Waals surface area contributed by atoms with Crippen LogP contribution in [0.25, 0.3) is 0 Å². The minimum Gasteiger partial charge on any atom is -0.506 e. The third-order valence-electron chi connectivity index (χ3n) is 2.30. The second-order valence-corrected chi connectivity index (χ2v) is 4.30. The van der Waals surface area contributed by atoms with Crippen LogP contribution in [0.4, 0.5) is 8.78 Å². The van der Waals surface area contributed by atoms with Crippen molar-refractivity contribution in [3.8, 4) is 11.5 Å². The summed E-state index contributed by atoms with van der Waals surface area (Å²) in [6, 6.07) is 0.802. The average Bonchev–Trinajstić information content (AvgIpc) is 2.31. The van der Waals surface area contributed by atoms with Gasteiger partial charge in [-0.1, -0.05) is 0 Å². The number of aliphatic hydroxyl groups excluding tert-OH is 1. The van der Waals surface area contributed by atoms with Gasteiger partial charge in [0, 0.05) is 5.56 Å². The van der Waals surface area contributed by atoms with Crippen molar-refractivity contribution in [2.45, 2.75) is 12.0 Å². The number of ether oxygens (including phenoxy) is 1. The number of benzene rings is 1. The highest BCUT2D eigenvalue weighted by molar-refractivity contribution is 9.10. The zero-order valence-corrected chi connectivity index (χ0v) is 10.5. The second kappa shape index (κ2) is 5.16. The number of phenols is 1. The first kappa shape index (κ1) is 14.1. The molecule has 96 valence electrons. The van der Waals surface area contributed by atoms with E-state index in [0.717, 1.165) is 0 Å². The Bertz CT molecular complexity index is 415. The van der Waals surface area contributed by atoms with Crippen molar-refractivity contribution in [1.29, 1.82) is 0 Å². The summed E-state index contributed by atoms with van der Waals surface area (Å²) < 4.78 is 31.5. The smallest absolute Gasteiger partial charge is 0.289 e. The van der Waals surface area contributed by atoms with Crippen molar-refractivity contribution in [3.63, 3.8) is 0 Å². The van der Waals surface area contributed by atoms with Gasteiger partial charge in [0.15, 0.2) is 0 Å². The Balaban J connectivity index is 3.25. The van der Waals surface area contributed by atoms with Gasteiger partial charge in [0.05, 0.1) is 11.6 Å². The van der Waals surface area contributed by atoms with Crippen LogP contribution in [0, 0.1) is 0 Å². The van der Waals surface area contributed by atoms with Gasteiger partial charge in [-0.15, -0.1) is 0 Å². The number of alkyl halides is 2.